The zero-order valence-electron chi connectivity index (χ0n) is 18.6. The topological polar surface area (TPSA) is 36.0 Å². The monoisotopic (exact) mass is 451 g/mol. The van der Waals surface area contributed by atoms with Crippen LogP contribution >= 0.6 is 0 Å². The molecule has 0 aromatic heterocycles. The fraction of sp³-hybridized carbons (Fsp3) is 0.708. The molecule has 0 aliphatic carbocycles. The zero-order chi connectivity index (χ0) is 22.5. The molecule has 4 aliphatic heterocycles. The first-order chi connectivity index (χ1) is 15.3. The largest absolute Gasteiger partial charge is 0.460 e. The maximum atomic E-state index is 13.7. The van der Waals surface area contributed by atoms with Crippen LogP contribution in [0.2, 0.25) is 0 Å². The van der Waals surface area contributed by atoms with Crippen LogP contribution < -0.4 is 0 Å². The summed E-state index contributed by atoms with van der Waals surface area (Å²) >= 11 is 0. The van der Waals surface area contributed by atoms with Gasteiger partial charge in [-0.05, 0) is 69.7 Å². The number of fused-ring (bicyclic) bond motifs is 4. The van der Waals surface area contributed by atoms with Crippen LogP contribution in [-0.2, 0) is 16.7 Å². The Bertz CT molecular complexity index is 839. The van der Waals surface area contributed by atoms with Gasteiger partial charge in [-0.3, -0.25) is 0 Å². The van der Waals surface area contributed by atoms with E-state index >= 15 is 0 Å². The molecule has 0 saturated carbocycles. The maximum absolute atomic E-state index is 13.7. The molecule has 3 saturated heterocycles. The van der Waals surface area contributed by atoms with E-state index in [1.807, 2.05) is 36.1 Å². The fourth-order valence-corrected chi connectivity index (χ4v) is 6.75. The van der Waals surface area contributed by atoms with Crippen molar-refractivity contribution >= 4 is 6.09 Å². The average molecular weight is 452 g/mol. The number of ether oxygens (including phenoxy) is 1. The van der Waals surface area contributed by atoms with Crippen LogP contribution in [0.25, 0.3) is 0 Å². The zero-order valence-corrected chi connectivity index (χ0v) is 18.6. The van der Waals surface area contributed by atoms with E-state index in [9.17, 15) is 18.0 Å². The summed E-state index contributed by atoms with van der Waals surface area (Å²) in [6, 6.07) is 8.54. The fourth-order valence-electron chi connectivity index (χ4n) is 6.75. The molecular formula is C24H32F3N3O2. The number of hydrogen-bond acceptors (Lipinski definition) is 4. The second-order valence-corrected chi connectivity index (χ2v) is 9.91. The summed E-state index contributed by atoms with van der Waals surface area (Å²) in [7, 11) is 0. The number of alkyl halides is 3. The molecule has 32 heavy (non-hydrogen) atoms. The normalized spacial score (nSPS) is 30.4. The number of amides is 1. The lowest BCUT2D eigenvalue weighted by molar-refractivity contribution is -0.257. The summed E-state index contributed by atoms with van der Waals surface area (Å²) in [5.41, 5.74) is 1.48. The summed E-state index contributed by atoms with van der Waals surface area (Å²) in [6.07, 6.45) is 0.894. The Morgan fingerprint density at radius 3 is 2.38 bits per heavy atom. The number of likely N-dealkylation sites (tertiary alicyclic amines) is 1. The summed E-state index contributed by atoms with van der Waals surface area (Å²) < 4.78 is 46.3. The lowest BCUT2D eigenvalue weighted by atomic mass is 9.68. The first kappa shape index (κ1) is 22.0. The molecule has 0 N–H and O–H groups in total. The van der Waals surface area contributed by atoms with Gasteiger partial charge >= 0.3 is 12.4 Å². The van der Waals surface area contributed by atoms with Gasteiger partial charge in [-0.2, -0.15) is 13.2 Å². The molecule has 2 unspecified atom stereocenters. The summed E-state index contributed by atoms with van der Waals surface area (Å²) in [5, 5.41) is 0. The van der Waals surface area contributed by atoms with E-state index in [-0.39, 0.29) is 31.3 Å². The lowest BCUT2D eigenvalue weighted by Crippen LogP contribution is -2.58. The van der Waals surface area contributed by atoms with Gasteiger partial charge in [-0.25, -0.2) is 9.69 Å². The van der Waals surface area contributed by atoms with Crippen LogP contribution in [0, 0.1) is 0 Å². The highest BCUT2D eigenvalue weighted by Crippen LogP contribution is 2.46. The van der Waals surface area contributed by atoms with E-state index in [4.69, 9.17) is 4.74 Å². The Labute approximate surface area is 187 Å². The van der Waals surface area contributed by atoms with Crippen LogP contribution in [0.15, 0.2) is 24.3 Å². The van der Waals surface area contributed by atoms with Crippen molar-refractivity contribution in [2.75, 3.05) is 26.2 Å². The van der Waals surface area contributed by atoms with Crippen LogP contribution in [0.4, 0.5) is 18.0 Å². The van der Waals surface area contributed by atoms with Gasteiger partial charge in [0.25, 0.3) is 0 Å². The van der Waals surface area contributed by atoms with Gasteiger partial charge in [0.15, 0.2) is 0 Å². The minimum Gasteiger partial charge on any atom is -0.450 e. The molecule has 176 valence electrons. The Balaban J connectivity index is 1.29. The van der Waals surface area contributed by atoms with E-state index in [0.717, 1.165) is 62.7 Å². The quantitative estimate of drug-likeness (QED) is 0.620. The van der Waals surface area contributed by atoms with E-state index in [2.05, 4.69) is 4.90 Å². The number of carbonyl (C=O) groups is 1. The van der Waals surface area contributed by atoms with Gasteiger partial charge in [0.05, 0.1) is 6.61 Å². The number of piperidine rings is 2. The summed E-state index contributed by atoms with van der Waals surface area (Å²) in [5.74, 6) is 0. The third-order valence-corrected chi connectivity index (χ3v) is 8.26. The van der Waals surface area contributed by atoms with Crippen molar-refractivity contribution in [3.63, 3.8) is 0 Å². The highest BCUT2D eigenvalue weighted by molar-refractivity contribution is 5.69. The minimum absolute atomic E-state index is 0.0495. The van der Waals surface area contributed by atoms with Crippen LogP contribution in [0.3, 0.4) is 0 Å². The van der Waals surface area contributed by atoms with Crippen molar-refractivity contribution in [1.82, 2.24) is 14.7 Å². The molecule has 1 spiro atoms. The van der Waals surface area contributed by atoms with Crippen molar-refractivity contribution < 1.29 is 22.7 Å². The highest BCUT2D eigenvalue weighted by atomic mass is 19.4. The Morgan fingerprint density at radius 2 is 1.75 bits per heavy atom. The molecule has 1 aromatic carbocycles. The average Bonchev–Trinajstić information content (AvgIpc) is 3.03. The Kier molecular flexibility index (Phi) is 5.64. The molecule has 2 bridgehead atoms. The number of halogens is 3. The lowest BCUT2D eigenvalue weighted by Gasteiger charge is -2.51. The molecule has 0 radical (unpaired) electrons. The molecule has 3 fully saturated rings. The molecule has 2 atom stereocenters. The van der Waals surface area contributed by atoms with Crippen LogP contribution in [0.5, 0.6) is 0 Å². The van der Waals surface area contributed by atoms with Crippen molar-refractivity contribution in [2.24, 2.45) is 0 Å². The van der Waals surface area contributed by atoms with E-state index in [1.165, 1.54) is 0 Å². The maximum Gasteiger partial charge on any atom is 0.460 e. The third kappa shape index (κ3) is 3.79. The number of hydrogen-bond donors (Lipinski definition) is 0. The molecule has 5 rings (SSSR count). The predicted octanol–water partition coefficient (Wildman–Crippen LogP) is 4.51. The number of nitrogens with zero attached hydrogens (tertiary/aromatic N) is 3. The van der Waals surface area contributed by atoms with E-state index < -0.39 is 11.7 Å². The second kappa shape index (κ2) is 8.20. The molecule has 4 heterocycles. The smallest absolute Gasteiger partial charge is 0.450 e. The van der Waals surface area contributed by atoms with Crippen LogP contribution in [-0.4, -0.2) is 71.5 Å². The molecule has 4 aliphatic rings. The van der Waals surface area contributed by atoms with Gasteiger partial charge in [0, 0.05) is 36.6 Å². The van der Waals surface area contributed by atoms with Crippen molar-refractivity contribution in [3.05, 3.63) is 35.4 Å². The summed E-state index contributed by atoms with van der Waals surface area (Å²) in [6.45, 7) is 3.84. The highest BCUT2D eigenvalue weighted by Gasteiger charge is 2.51. The van der Waals surface area contributed by atoms with Crippen LogP contribution in [0.1, 0.15) is 56.6 Å². The second-order valence-electron chi connectivity index (χ2n) is 9.91. The van der Waals surface area contributed by atoms with Gasteiger partial charge in [-0.1, -0.05) is 24.3 Å². The first-order valence-electron chi connectivity index (χ1n) is 11.9. The third-order valence-electron chi connectivity index (χ3n) is 8.26. The van der Waals surface area contributed by atoms with E-state index in [1.54, 1.807) is 0 Å². The minimum atomic E-state index is -4.31. The molecule has 5 nitrogen and oxygen atoms in total. The Morgan fingerprint density at radius 1 is 1.09 bits per heavy atom. The standard InChI is InChI=1S/C24H32F3N3O2/c1-2-32-22(31)30-18-7-8-19(30)14-20(13-18)28-11-9-23(10-12-28)16-29(24(25,26)27)15-17-5-3-4-6-21(17)23/h3-6,18-20H,2,7-16H2,1H3. The number of benzene rings is 1. The van der Waals surface area contributed by atoms with Gasteiger partial charge in [-0.15, -0.1) is 0 Å². The van der Waals surface area contributed by atoms with Crippen molar-refractivity contribution in [2.45, 2.75) is 81.8 Å². The number of carbonyl (C=O) groups excluding carboxylic acids is 1. The number of rotatable bonds is 2. The molecule has 1 aromatic rings. The van der Waals surface area contributed by atoms with Crippen molar-refractivity contribution in [3.8, 4) is 0 Å². The van der Waals surface area contributed by atoms with Gasteiger partial charge in [0.1, 0.15) is 0 Å². The SMILES string of the molecule is CCOC(=O)N1C2CCC1CC(N1CCC3(CC1)CN(C(F)(F)F)Cc1ccccc13)C2. The summed E-state index contributed by atoms with van der Waals surface area (Å²) in [4.78, 5) is 17.5. The molecule has 8 heteroatoms. The van der Waals surface area contributed by atoms with E-state index in [0.29, 0.717) is 17.5 Å². The van der Waals surface area contributed by atoms with Gasteiger partial charge in [0.2, 0.25) is 0 Å². The first-order valence-corrected chi connectivity index (χ1v) is 11.9. The Hall–Kier alpha value is -1.80. The predicted molar refractivity (Wildman–Crippen MR) is 114 cm³/mol. The van der Waals surface area contributed by atoms with Gasteiger partial charge < -0.3 is 14.5 Å². The molecular weight excluding hydrogens is 419 g/mol. The van der Waals surface area contributed by atoms with Crippen molar-refractivity contribution in [1.29, 1.82) is 0 Å². The molecule has 1 amide bonds.